The van der Waals surface area contributed by atoms with Gasteiger partial charge in [-0.3, -0.25) is 0 Å². The van der Waals surface area contributed by atoms with Crippen molar-refractivity contribution in [3.8, 4) is 0 Å². The van der Waals surface area contributed by atoms with Crippen LogP contribution < -0.4 is 0 Å². The lowest BCUT2D eigenvalue weighted by molar-refractivity contribution is -0.137. The van der Waals surface area contributed by atoms with Crippen LogP contribution in [0.4, 0.5) is 13.2 Å². The van der Waals surface area contributed by atoms with Crippen LogP contribution in [-0.4, -0.2) is 36.0 Å². The molecular weight excluding hydrogens is 383 g/mol. The molecule has 0 atom stereocenters. The van der Waals surface area contributed by atoms with Gasteiger partial charge in [0.1, 0.15) is 0 Å². The summed E-state index contributed by atoms with van der Waals surface area (Å²) in [5.74, 6) is 1.06. The molecule has 0 aliphatic carbocycles. The Morgan fingerprint density at radius 3 is 2.41 bits per heavy atom. The van der Waals surface area contributed by atoms with Crippen LogP contribution >= 0.6 is 0 Å². The van der Waals surface area contributed by atoms with Gasteiger partial charge in [0.2, 0.25) is 21.8 Å². The average molecular weight is 403 g/mol. The monoisotopic (exact) mass is 403 g/mol. The predicted molar refractivity (Wildman–Crippen MR) is 90.6 cm³/mol. The van der Waals surface area contributed by atoms with E-state index in [1.807, 2.05) is 13.8 Å². The van der Waals surface area contributed by atoms with Crippen LogP contribution in [0.25, 0.3) is 0 Å². The molecule has 0 spiro atoms. The number of benzene rings is 1. The first-order valence-electron chi connectivity index (χ1n) is 8.59. The number of hydrogen-bond acceptors (Lipinski definition) is 5. The third kappa shape index (κ3) is 4.16. The summed E-state index contributed by atoms with van der Waals surface area (Å²) in [6.07, 6.45) is -3.65. The van der Waals surface area contributed by atoms with E-state index in [-0.39, 0.29) is 29.8 Å². The number of rotatable bonds is 4. The summed E-state index contributed by atoms with van der Waals surface area (Å²) in [4.78, 5) is -0.351. The largest absolute Gasteiger partial charge is 0.425 e. The van der Waals surface area contributed by atoms with Crippen molar-refractivity contribution in [2.45, 2.75) is 49.6 Å². The number of aromatic nitrogens is 2. The van der Waals surface area contributed by atoms with E-state index < -0.39 is 21.8 Å². The second-order valence-corrected chi connectivity index (χ2v) is 8.78. The van der Waals surface area contributed by atoms with Crippen LogP contribution in [0.1, 0.15) is 55.9 Å². The molecule has 3 rings (SSSR count). The van der Waals surface area contributed by atoms with Gasteiger partial charge < -0.3 is 4.42 Å². The number of alkyl halides is 3. The molecule has 2 heterocycles. The summed E-state index contributed by atoms with van der Waals surface area (Å²) < 4.78 is 70.8. The number of sulfonamides is 1. The molecule has 6 nitrogen and oxygen atoms in total. The van der Waals surface area contributed by atoms with Crippen molar-refractivity contribution in [3.63, 3.8) is 0 Å². The Balaban J connectivity index is 1.73. The molecule has 0 N–H and O–H groups in total. The van der Waals surface area contributed by atoms with E-state index in [9.17, 15) is 21.6 Å². The summed E-state index contributed by atoms with van der Waals surface area (Å²) in [7, 11) is -3.99. The lowest BCUT2D eigenvalue weighted by Gasteiger charge is -2.29. The molecule has 0 unspecified atom stereocenters. The van der Waals surface area contributed by atoms with Crippen molar-refractivity contribution < 1.29 is 26.0 Å². The molecule has 148 valence electrons. The first kappa shape index (κ1) is 19.8. The van der Waals surface area contributed by atoms with E-state index in [1.165, 1.54) is 10.4 Å². The maximum absolute atomic E-state index is 12.9. The smallest absolute Gasteiger partial charge is 0.416 e. The van der Waals surface area contributed by atoms with Crippen molar-refractivity contribution in [1.82, 2.24) is 14.5 Å². The second kappa shape index (κ2) is 7.23. The second-order valence-electron chi connectivity index (χ2n) is 6.84. The summed E-state index contributed by atoms with van der Waals surface area (Å²) in [6, 6.07) is 3.82. The van der Waals surface area contributed by atoms with Gasteiger partial charge >= 0.3 is 6.18 Å². The van der Waals surface area contributed by atoms with Gasteiger partial charge in [0.25, 0.3) is 0 Å². The van der Waals surface area contributed by atoms with E-state index in [0.717, 1.165) is 12.1 Å². The summed E-state index contributed by atoms with van der Waals surface area (Å²) >= 11 is 0. The molecule has 27 heavy (non-hydrogen) atoms. The highest BCUT2D eigenvalue weighted by molar-refractivity contribution is 7.89. The SMILES string of the molecule is CC(C)c1nnc(C2CCN(S(=O)(=O)c3cccc(C(F)(F)F)c3)CC2)o1. The minimum absolute atomic E-state index is 0.0574. The van der Waals surface area contributed by atoms with Gasteiger partial charge in [-0.2, -0.15) is 17.5 Å². The number of nitrogens with zero attached hydrogens (tertiary/aromatic N) is 3. The summed E-state index contributed by atoms with van der Waals surface area (Å²) in [5, 5.41) is 8.02. The van der Waals surface area contributed by atoms with Crippen LogP contribution in [0.5, 0.6) is 0 Å². The molecule has 1 aliphatic heterocycles. The van der Waals surface area contributed by atoms with E-state index in [1.54, 1.807) is 0 Å². The molecule has 0 amide bonds. The van der Waals surface area contributed by atoms with E-state index in [0.29, 0.717) is 30.7 Å². The van der Waals surface area contributed by atoms with Gasteiger partial charge in [0.05, 0.1) is 10.5 Å². The fraction of sp³-hybridized carbons (Fsp3) is 0.529. The normalized spacial score (nSPS) is 17.6. The van der Waals surface area contributed by atoms with Crippen LogP contribution in [0.3, 0.4) is 0 Å². The Bertz CT molecular complexity index is 901. The topological polar surface area (TPSA) is 76.3 Å². The Hall–Kier alpha value is -1.94. The highest BCUT2D eigenvalue weighted by atomic mass is 32.2. The molecule has 2 aromatic rings. The quantitative estimate of drug-likeness (QED) is 0.777. The molecule has 1 aromatic heterocycles. The van der Waals surface area contributed by atoms with Crippen LogP contribution in [0.2, 0.25) is 0 Å². The Kier molecular flexibility index (Phi) is 5.31. The van der Waals surface area contributed by atoms with Crippen molar-refractivity contribution in [3.05, 3.63) is 41.6 Å². The van der Waals surface area contributed by atoms with E-state index in [2.05, 4.69) is 10.2 Å². The molecule has 1 fully saturated rings. The van der Waals surface area contributed by atoms with Gasteiger partial charge in [-0.1, -0.05) is 19.9 Å². The first-order chi connectivity index (χ1) is 12.6. The molecule has 1 aliphatic rings. The lowest BCUT2D eigenvalue weighted by Crippen LogP contribution is -2.38. The number of halogens is 3. The Morgan fingerprint density at radius 2 is 1.85 bits per heavy atom. The highest BCUT2D eigenvalue weighted by Gasteiger charge is 2.35. The zero-order chi connectivity index (χ0) is 19.8. The summed E-state index contributed by atoms with van der Waals surface area (Å²) in [6.45, 7) is 4.23. The van der Waals surface area contributed by atoms with Gasteiger partial charge in [-0.25, -0.2) is 8.42 Å². The molecule has 10 heteroatoms. The third-order valence-corrected chi connectivity index (χ3v) is 6.45. The van der Waals surface area contributed by atoms with E-state index >= 15 is 0 Å². The summed E-state index contributed by atoms with van der Waals surface area (Å²) in [5.41, 5.74) is -0.981. The van der Waals surface area contributed by atoms with Crippen LogP contribution in [0.15, 0.2) is 33.6 Å². The maximum atomic E-state index is 12.9. The number of piperidine rings is 1. The molecule has 1 saturated heterocycles. The van der Waals surface area contributed by atoms with Crippen molar-refractivity contribution in [2.75, 3.05) is 13.1 Å². The Morgan fingerprint density at radius 1 is 1.19 bits per heavy atom. The average Bonchev–Trinajstić information content (AvgIpc) is 3.12. The molecule has 0 bridgehead atoms. The van der Waals surface area contributed by atoms with Gasteiger partial charge in [-0.05, 0) is 31.0 Å². The van der Waals surface area contributed by atoms with Crippen LogP contribution in [-0.2, 0) is 16.2 Å². The minimum Gasteiger partial charge on any atom is -0.425 e. The highest BCUT2D eigenvalue weighted by Crippen LogP contribution is 2.33. The fourth-order valence-corrected chi connectivity index (χ4v) is 4.49. The minimum atomic E-state index is -4.59. The van der Waals surface area contributed by atoms with Crippen molar-refractivity contribution >= 4 is 10.0 Å². The molecule has 1 aromatic carbocycles. The first-order valence-corrected chi connectivity index (χ1v) is 10.0. The van der Waals surface area contributed by atoms with Gasteiger partial charge in [-0.15, -0.1) is 10.2 Å². The van der Waals surface area contributed by atoms with Gasteiger partial charge in [0, 0.05) is 24.9 Å². The van der Waals surface area contributed by atoms with Gasteiger partial charge in [0.15, 0.2) is 0 Å². The zero-order valence-corrected chi connectivity index (χ0v) is 15.7. The Labute approximate surface area is 155 Å². The van der Waals surface area contributed by atoms with Crippen molar-refractivity contribution in [2.24, 2.45) is 0 Å². The molecule has 0 radical (unpaired) electrons. The molecule has 0 saturated carbocycles. The fourth-order valence-electron chi connectivity index (χ4n) is 2.97. The maximum Gasteiger partial charge on any atom is 0.416 e. The van der Waals surface area contributed by atoms with E-state index in [4.69, 9.17) is 4.42 Å². The predicted octanol–water partition coefficient (Wildman–Crippen LogP) is 3.78. The standard InChI is InChI=1S/C17H20F3N3O3S/c1-11(2)15-21-22-16(26-15)12-6-8-23(9-7-12)27(24,25)14-5-3-4-13(10-14)17(18,19)20/h3-5,10-12H,6-9H2,1-2H3. The lowest BCUT2D eigenvalue weighted by atomic mass is 9.98. The van der Waals surface area contributed by atoms with Crippen LogP contribution in [0, 0.1) is 0 Å². The number of hydrogen-bond donors (Lipinski definition) is 0. The zero-order valence-electron chi connectivity index (χ0n) is 14.9. The molecular formula is C17H20F3N3O3S. The third-order valence-electron chi connectivity index (χ3n) is 4.55. The van der Waals surface area contributed by atoms with Crippen molar-refractivity contribution in [1.29, 1.82) is 0 Å².